The van der Waals surface area contributed by atoms with E-state index in [1.165, 1.54) is 17.8 Å². The quantitative estimate of drug-likeness (QED) is 0.373. The number of hydrogen-bond donors (Lipinski definition) is 2. The highest BCUT2D eigenvalue weighted by Gasteiger charge is 2.17. The summed E-state index contributed by atoms with van der Waals surface area (Å²) >= 11 is 1.44. The molecule has 2 rings (SSSR count). The molecule has 9 heteroatoms. The number of para-hydroxylation sites is 1. The summed E-state index contributed by atoms with van der Waals surface area (Å²) in [7, 11) is 1.87. The van der Waals surface area contributed by atoms with Gasteiger partial charge in [0.05, 0.1) is 4.92 Å². The van der Waals surface area contributed by atoms with E-state index in [1.807, 2.05) is 18.5 Å². The van der Waals surface area contributed by atoms with Gasteiger partial charge in [0, 0.05) is 18.9 Å². The standard InChI is InChI=1S/C11H14N6O2S/c1-7-14-15-11(16(7)2)20-6-8-4-3-5-9(17(18)19)10(8)13-12/h3-5,13H,6,12H2,1-2H3. The van der Waals surface area contributed by atoms with E-state index in [9.17, 15) is 10.1 Å². The summed E-state index contributed by atoms with van der Waals surface area (Å²) < 4.78 is 1.86. The highest BCUT2D eigenvalue weighted by molar-refractivity contribution is 7.98. The lowest BCUT2D eigenvalue weighted by atomic mass is 10.2. The van der Waals surface area contributed by atoms with Gasteiger partial charge in [0.1, 0.15) is 11.5 Å². The number of benzene rings is 1. The van der Waals surface area contributed by atoms with Gasteiger partial charge >= 0.3 is 0 Å². The van der Waals surface area contributed by atoms with Gasteiger partial charge in [0.2, 0.25) is 0 Å². The summed E-state index contributed by atoms with van der Waals surface area (Å²) in [6.45, 7) is 1.86. The third-order valence-electron chi connectivity index (χ3n) is 2.88. The van der Waals surface area contributed by atoms with E-state index in [-0.39, 0.29) is 5.69 Å². The fourth-order valence-electron chi connectivity index (χ4n) is 1.68. The van der Waals surface area contributed by atoms with Crippen LogP contribution in [0.5, 0.6) is 0 Å². The zero-order valence-electron chi connectivity index (χ0n) is 11.0. The summed E-state index contributed by atoms with van der Waals surface area (Å²) in [4.78, 5) is 10.5. The minimum atomic E-state index is -0.462. The van der Waals surface area contributed by atoms with Crippen LogP contribution in [0, 0.1) is 17.0 Å². The summed E-state index contributed by atoms with van der Waals surface area (Å²) in [5, 5.41) is 19.7. The summed E-state index contributed by atoms with van der Waals surface area (Å²) in [6.07, 6.45) is 0. The van der Waals surface area contributed by atoms with Crippen LogP contribution in [0.4, 0.5) is 11.4 Å². The van der Waals surface area contributed by atoms with Gasteiger partial charge < -0.3 is 9.99 Å². The summed E-state index contributed by atoms with van der Waals surface area (Å²) in [5.41, 5.74) is 3.43. The topological polar surface area (TPSA) is 112 Å². The Labute approximate surface area is 119 Å². The first-order chi connectivity index (χ1) is 9.54. The van der Waals surface area contributed by atoms with Crippen LogP contribution >= 0.6 is 11.8 Å². The van der Waals surface area contributed by atoms with Gasteiger partial charge in [0.25, 0.3) is 5.69 Å². The number of rotatable bonds is 5. The maximum absolute atomic E-state index is 10.9. The van der Waals surface area contributed by atoms with E-state index in [0.29, 0.717) is 11.4 Å². The van der Waals surface area contributed by atoms with Crippen LogP contribution in [0.2, 0.25) is 0 Å². The first kappa shape index (κ1) is 14.3. The number of nitrogen functional groups attached to an aromatic ring is 1. The average molecular weight is 294 g/mol. The molecule has 1 aromatic heterocycles. The van der Waals surface area contributed by atoms with Gasteiger partial charge in [0.15, 0.2) is 5.16 Å². The molecule has 0 spiro atoms. The Hall–Kier alpha value is -2.13. The molecule has 1 aromatic carbocycles. The Kier molecular flexibility index (Phi) is 4.20. The van der Waals surface area contributed by atoms with Crippen LogP contribution < -0.4 is 11.3 Å². The Morgan fingerprint density at radius 2 is 2.25 bits per heavy atom. The van der Waals surface area contributed by atoms with Gasteiger partial charge in [-0.1, -0.05) is 23.9 Å². The van der Waals surface area contributed by atoms with E-state index in [2.05, 4.69) is 15.6 Å². The lowest BCUT2D eigenvalue weighted by Crippen LogP contribution is -2.11. The van der Waals surface area contributed by atoms with Crippen LogP contribution in [0.1, 0.15) is 11.4 Å². The first-order valence-electron chi connectivity index (χ1n) is 5.76. The van der Waals surface area contributed by atoms with Gasteiger partial charge in [-0.3, -0.25) is 16.0 Å². The predicted molar refractivity (Wildman–Crippen MR) is 76.2 cm³/mol. The van der Waals surface area contributed by atoms with Crippen molar-refractivity contribution in [2.24, 2.45) is 12.9 Å². The Bertz CT molecular complexity index is 642. The zero-order valence-corrected chi connectivity index (χ0v) is 11.8. The van der Waals surface area contributed by atoms with E-state index in [1.54, 1.807) is 12.1 Å². The van der Waals surface area contributed by atoms with Crippen LogP contribution in [0.25, 0.3) is 0 Å². The van der Waals surface area contributed by atoms with Crippen molar-refractivity contribution in [1.82, 2.24) is 14.8 Å². The SMILES string of the molecule is Cc1nnc(SCc2cccc([N+](=O)[O-])c2NN)n1C. The molecule has 0 radical (unpaired) electrons. The number of nitrogens with zero attached hydrogens (tertiary/aromatic N) is 4. The monoisotopic (exact) mass is 294 g/mol. The Morgan fingerprint density at radius 3 is 2.80 bits per heavy atom. The molecule has 20 heavy (non-hydrogen) atoms. The molecule has 0 saturated carbocycles. The fraction of sp³-hybridized carbons (Fsp3) is 0.273. The molecule has 8 nitrogen and oxygen atoms in total. The van der Waals surface area contributed by atoms with Crippen molar-refractivity contribution in [3.05, 3.63) is 39.7 Å². The molecule has 0 unspecified atom stereocenters. The normalized spacial score (nSPS) is 10.6. The smallest absolute Gasteiger partial charge is 0.293 e. The Balaban J connectivity index is 2.23. The number of anilines is 1. The molecule has 0 fully saturated rings. The lowest BCUT2D eigenvalue weighted by molar-refractivity contribution is -0.384. The highest BCUT2D eigenvalue weighted by Crippen LogP contribution is 2.31. The minimum absolute atomic E-state index is 0.0419. The molecule has 0 atom stereocenters. The molecule has 1 heterocycles. The van der Waals surface area contributed by atoms with E-state index in [4.69, 9.17) is 5.84 Å². The van der Waals surface area contributed by atoms with Gasteiger partial charge in [-0.15, -0.1) is 10.2 Å². The van der Waals surface area contributed by atoms with E-state index >= 15 is 0 Å². The second kappa shape index (κ2) is 5.88. The second-order valence-corrected chi connectivity index (χ2v) is 5.03. The summed E-state index contributed by atoms with van der Waals surface area (Å²) in [6, 6.07) is 4.84. The zero-order chi connectivity index (χ0) is 14.7. The molecule has 0 aliphatic rings. The molecular formula is C11H14N6O2S. The number of aryl methyl sites for hydroxylation is 1. The molecular weight excluding hydrogens is 280 g/mol. The number of nitrogens with one attached hydrogen (secondary N) is 1. The maximum Gasteiger partial charge on any atom is 0.293 e. The Morgan fingerprint density at radius 1 is 1.50 bits per heavy atom. The molecule has 3 N–H and O–H groups in total. The molecule has 0 saturated heterocycles. The third kappa shape index (κ3) is 2.73. The van der Waals surface area contributed by atoms with Crippen molar-refractivity contribution in [3.8, 4) is 0 Å². The number of nitro groups is 1. The molecule has 106 valence electrons. The fourth-order valence-corrected chi connectivity index (χ4v) is 2.63. The van der Waals surface area contributed by atoms with Crippen molar-refractivity contribution in [2.45, 2.75) is 17.8 Å². The number of thioether (sulfide) groups is 1. The third-order valence-corrected chi connectivity index (χ3v) is 3.95. The van der Waals surface area contributed by atoms with Crippen LogP contribution in [0.3, 0.4) is 0 Å². The molecule has 0 aliphatic carbocycles. The van der Waals surface area contributed by atoms with Gasteiger partial charge in [-0.25, -0.2) is 0 Å². The average Bonchev–Trinajstić information content (AvgIpc) is 2.76. The van der Waals surface area contributed by atoms with E-state index < -0.39 is 4.92 Å². The summed E-state index contributed by atoms with van der Waals surface area (Å²) in [5.74, 6) is 6.71. The first-order valence-corrected chi connectivity index (χ1v) is 6.75. The highest BCUT2D eigenvalue weighted by atomic mass is 32.2. The van der Waals surface area contributed by atoms with Gasteiger partial charge in [-0.2, -0.15) is 0 Å². The maximum atomic E-state index is 10.9. The number of nitro benzene ring substituents is 1. The molecule has 0 bridgehead atoms. The second-order valence-electron chi connectivity index (χ2n) is 4.09. The van der Waals surface area contributed by atoms with Crippen molar-refractivity contribution < 1.29 is 4.92 Å². The largest absolute Gasteiger partial charge is 0.318 e. The van der Waals surface area contributed by atoms with Crippen molar-refractivity contribution in [2.75, 3.05) is 5.43 Å². The molecule has 0 amide bonds. The van der Waals surface area contributed by atoms with Crippen LogP contribution in [-0.2, 0) is 12.8 Å². The minimum Gasteiger partial charge on any atom is -0.318 e. The van der Waals surface area contributed by atoms with Crippen LogP contribution in [0.15, 0.2) is 23.4 Å². The van der Waals surface area contributed by atoms with Crippen molar-refractivity contribution >= 4 is 23.1 Å². The van der Waals surface area contributed by atoms with Crippen molar-refractivity contribution in [3.63, 3.8) is 0 Å². The molecule has 2 aromatic rings. The predicted octanol–water partition coefficient (Wildman–Crippen LogP) is 1.61. The number of aromatic nitrogens is 3. The number of hydrazine groups is 1. The van der Waals surface area contributed by atoms with Crippen LogP contribution in [-0.4, -0.2) is 19.7 Å². The van der Waals surface area contributed by atoms with E-state index in [0.717, 1.165) is 16.5 Å². The molecule has 0 aliphatic heterocycles. The van der Waals surface area contributed by atoms with Crippen molar-refractivity contribution in [1.29, 1.82) is 0 Å². The number of nitrogens with two attached hydrogens (primary N) is 1. The number of hydrogen-bond acceptors (Lipinski definition) is 7. The lowest BCUT2D eigenvalue weighted by Gasteiger charge is -2.08. The van der Waals surface area contributed by atoms with Gasteiger partial charge in [-0.05, 0) is 12.5 Å².